The summed E-state index contributed by atoms with van der Waals surface area (Å²) in [6, 6.07) is 5.77. The molecule has 0 aromatic heterocycles. The SMILES string of the molecule is CN1CCN(c2c(Cl)cccc2CN2CC3CN(C(=O)OC(C(F)(F)F)C(F)(F)F)CC3C2)CC1. The van der Waals surface area contributed by atoms with Crippen molar-refractivity contribution in [2.45, 2.75) is 25.0 Å². The van der Waals surface area contributed by atoms with Crippen molar-refractivity contribution < 1.29 is 35.9 Å². The summed E-state index contributed by atoms with van der Waals surface area (Å²) < 4.78 is 80.2. The molecule has 0 aliphatic carbocycles. The van der Waals surface area contributed by atoms with E-state index < -0.39 is 24.5 Å². The average Bonchev–Trinajstić information content (AvgIpc) is 3.30. The summed E-state index contributed by atoms with van der Waals surface area (Å²) in [5, 5.41) is 0.671. The number of likely N-dealkylation sites (tertiary alicyclic amines) is 2. The van der Waals surface area contributed by atoms with Gasteiger partial charge >= 0.3 is 18.4 Å². The second-order valence-electron chi connectivity index (χ2n) is 9.50. The molecule has 2 atom stereocenters. The number of halogens is 7. The van der Waals surface area contributed by atoms with Crippen LogP contribution in [0, 0.1) is 11.8 Å². The van der Waals surface area contributed by atoms with Gasteiger partial charge in [-0.05, 0) is 30.5 Å². The van der Waals surface area contributed by atoms with Crippen molar-refractivity contribution in [2.75, 3.05) is 64.3 Å². The lowest BCUT2D eigenvalue weighted by atomic mass is 10.0. The number of nitrogens with zero attached hydrogens (tertiary/aromatic N) is 4. The van der Waals surface area contributed by atoms with Gasteiger partial charge in [0.2, 0.25) is 0 Å². The highest BCUT2D eigenvalue weighted by Crippen LogP contribution is 2.38. The van der Waals surface area contributed by atoms with Crippen LogP contribution in [0.2, 0.25) is 5.02 Å². The van der Waals surface area contributed by atoms with Crippen LogP contribution in [0.5, 0.6) is 0 Å². The fourth-order valence-electron chi connectivity index (χ4n) is 5.18. The molecule has 3 heterocycles. The maximum Gasteiger partial charge on any atom is 0.434 e. The van der Waals surface area contributed by atoms with Gasteiger partial charge in [0.25, 0.3) is 6.10 Å². The van der Waals surface area contributed by atoms with Gasteiger partial charge in [-0.3, -0.25) is 4.90 Å². The lowest BCUT2D eigenvalue weighted by Crippen LogP contribution is -2.48. The van der Waals surface area contributed by atoms with Crippen LogP contribution in [-0.2, 0) is 11.3 Å². The Morgan fingerprint density at radius 1 is 1.00 bits per heavy atom. The van der Waals surface area contributed by atoms with E-state index in [0.29, 0.717) is 24.7 Å². The molecule has 3 aliphatic heterocycles. The topological polar surface area (TPSA) is 39.3 Å². The van der Waals surface area contributed by atoms with Crippen LogP contribution in [0.25, 0.3) is 0 Å². The Hall–Kier alpha value is -1.92. The second-order valence-corrected chi connectivity index (χ2v) is 9.91. The quantitative estimate of drug-likeness (QED) is 0.551. The maximum absolute atomic E-state index is 12.7. The number of carbonyl (C=O) groups is 1. The Morgan fingerprint density at radius 3 is 2.11 bits per heavy atom. The van der Waals surface area contributed by atoms with Crippen molar-refractivity contribution in [1.82, 2.24) is 14.7 Å². The van der Waals surface area contributed by atoms with Gasteiger partial charge in [-0.2, -0.15) is 26.3 Å². The monoisotopic (exact) mass is 528 g/mol. The Bertz CT molecular complexity index is 894. The van der Waals surface area contributed by atoms with E-state index in [4.69, 9.17) is 11.6 Å². The summed E-state index contributed by atoms with van der Waals surface area (Å²) in [5.41, 5.74) is 2.06. The molecular weight excluding hydrogens is 502 g/mol. The van der Waals surface area contributed by atoms with E-state index >= 15 is 0 Å². The zero-order valence-electron chi connectivity index (χ0n) is 19.1. The minimum atomic E-state index is -5.72. The number of rotatable bonds is 4. The number of piperazine rings is 1. The summed E-state index contributed by atoms with van der Waals surface area (Å²) in [5.74, 6) is -0.104. The van der Waals surface area contributed by atoms with Gasteiger partial charge in [0.1, 0.15) is 0 Å². The molecule has 6 nitrogen and oxygen atoms in total. The van der Waals surface area contributed by atoms with E-state index in [1.54, 1.807) is 0 Å². The molecule has 0 spiro atoms. The van der Waals surface area contributed by atoms with Crippen molar-refractivity contribution in [3.05, 3.63) is 28.8 Å². The first-order valence-corrected chi connectivity index (χ1v) is 11.7. The molecule has 0 N–H and O–H groups in total. The van der Waals surface area contributed by atoms with E-state index in [-0.39, 0.29) is 24.9 Å². The maximum atomic E-state index is 12.7. The number of para-hydroxylation sites is 1. The molecule has 3 fully saturated rings. The highest BCUT2D eigenvalue weighted by atomic mass is 35.5. The van der Waals surface area contributed by atoms with Crippen LogP contribution in [0.15, 0.2) is 18.2 Å². The normalized spacial score (nSPS) is 24.4. The number of carbonyl (C=O) groups excluding carboxylic acids is 1. The predicted octanol–water partition coefficient (Wildman–Crippen LogP) is 4.09. The van der Waals surface area contributed by atoms with E-state index in [1.807, 2.05) is 18.2 Å². The molecular formula is C22H27ClF6N4O2. The average molecular weight is 529 g/mol. The smallest absolute Gasteiger partial charge is 0.426 e. The van der Waals surface area contributed by atoms with E-state index in [1.165, 1.54) is 0 Å². The third kappa shape index (κ3) is 5.91. The summed E-state index contributed by atoms with van der Waals surface area (Å²) >= 11 is 6.55. The number of alkyl halides is 6. The van der Waals surface area contributed by atoms with Gasteiger partial charge in [-0.25, -0.2) is 4.79 Å². The predicted molar refractivity (Wildman–Crippen MR) is 117 cm³/mol. The van der Waals surface area contributed by atoms with Crippen molar-refractivity contribution in [1.29, 1.82) is 0 Å². The Balaban J connectivity index is 1.36. The molecule has 0 saturated carbocycles. The number of amides is 1. The molecule has 1 aromatic rings. The fraction of sp³-hybridized carbons (Fsp3) is 0.682. The lowest BCUT2D eigenvalue weighted by molar-refractivity contribution is -0.308. The first-order chi connectivity index (χ1) is 16.3. The molecule has 3 aliphatic rings. The van der Waals surface area contributed by atoms with Crippen LogP contribution >= 0.6 is 11.6 Å². The van der Waals surface area contributed by atoms with Gasteiger partial charge in [0.05, 0.1) is 10.7 Å². The number of fused-ring (bicyclic) bond motifs is 1. The van der Waals surface area contributed by atoms with Crippen molar-refractivity contribution in [3.8, 4) is 0 Å². The van der Waals surface area contributed by atoms with Gasteiger partial charge in [0, 0.05) is 58.9 Å². The number of hydrogen-bond acceptors (Lipinski definition) is 5. The van der Waals surface area contributed by atoms with Gasteiger partial charge < -0.3 is 19.4 Å². The Morgan fingerprint density at radius 2 is 1.57 bits per heavy atom. The molecule has 4 rings (SSSR count). The van der Waals surface area contributed by atoms with Crippen LogP contribution in [0.3, 0.4) is 0 Å². The molecule has 35 heavy (non-hydrogen) atoms. The third-order valence-electron chi connectivity index (χ3n) is 6.92. The molecule has 3 saturated heterocycles. The molecule has 1 aromatic carbocycles. The molecule has 196 valence electrons. The largest absolute Gasteiger partial charge is 0.434 e. The number of anilines is 1. The van der Waals surface area contributed by atoms with Crippen LogP contribution < -0.4 is 4.90 Å². The van der Waals surface area contributed by atoms with Crippen LogP contribution in [-0.4, -0.2) is 98.7 Å². The standard InChI is InChI=1S/C22H27ClF6N4O2/c1-30-5-7-32(8-6-30)18-14(3-2-4-17(18)23)9-31-10-15-12-33(13-16(15)11-31)20(34)35-19(21(24,25)26)22(27,28)29/h2-4,15-16,19H,5-13H2,1H3. The highest BCUT2D eigenvalue weighted by molar-refractivity contribution is 6.33. The van der Waals surface area contributed by atoms with E-state index in [0.717, 1.165) is 42.3 Å². The van der Waals surface area contributed by atoms with E-state index in [2.05, 4.69) is 26.5 Å². The first kappa shape index (κ1) is 26.2. The Kier molecular flexibility index (Phi) is 7.36. The zero-order valence-corrected chi connectivity index (χ0v) is 19.8. The number of ether oxygens (including phenoxy) is 1. The van der Waals surface area contributed by atoms with Crippen molar-refractivity contribution in [3.63, 3.8) is 0 Å². The first-order valence-electron chi connectivity index (χ1n) is 11.3. The number of benzene rings is 1. The van der Waals surface area contributed by atoms with Crippen molar-refractivity contribution >= 4 is 23.4 Å². The fourth-order valence-corrected chi connectivity index (χ4v) is 5.49. The summed E-state index contributed by atoms with van der Waals surface area (Å²) in [6.45, 7) is 5.44. The minimum absolute atomic E-state index is 0.0518. The minimum Gasteiger partial charge on any atom is -0.426 e. The lowest BCUT2D eigenvalue weighted by Gasteiger charge is -2.36. The van der Waals surface area contributed by atoms with Crippen molar-refractivity contribution in [2.24, 2.45) is 11.8 Å². The summed E-state index contributed by atoms with van der Waals surface area (Å²) in [4.78, 5) is 19.8. The van der Waals surface area contributed by atoms with Gasteiger partial charge in [-0.1, -0.05) is 23.7 Å². The molecule has 1 amide bonds. The molecule has 2 unspecified atom stereocenters. The van der Waals surface area contributed by atoms with Gasteiger partial charge in [0.15, 0.2) is 0 Å². The molecule has 0 radical (unpaired) electrons. The summed E-state index contributed by atoms with van der Waals surface area (Å²) in [6.07, 6.45) is -17.2. The molecule has 13 heteroatoms. The van der Waals surface area contributed by atoms with Crippen LogP contribution in [0.1, 0.15) is 5.56 Å². The highest BCUT2D eigenvalue weighted by Gasteiger charge is 2.60. The summed E-state index contributed by atoms with van der Waals surface area (Å²) in [7, 11) is 2.07. The van der Waals surface area contributed by atoms with Gasteiger partial charge in [-0.15, -0.1) is 0 Å². The zero-order chi connectivity index (χ0) is 25.5. The third-order valence-corrected chi connectivity index (χ3v) is 7.22. The number of hydrogen-bond donors (Lipinski definition) is 0. The second kappa shape index (κ2) is 9.85. The number of likely N-dealkylation sites (N-methyl/N-ethyl adjacent to an activating group) is 1. The Labute approximate surface area is 204 Å². The molecule has 0 bridgehead atoms. The van der Waals surface area contributed by atoms with E-state index in [9.17, 15) is 31.1 Å². The van der Waals surface area contributed by atoms with Crippen LogP contribution in [0.4, 0.5) is 36.8 Å².